The molecule has 0 spiro atoms. The Morgan fingerprint density at radius 1 is 1.08 bits per heavy atom. The minimum absolute atomic E-state index is 0.0341. The van der Waals surface area contributed by atoms with Gasteiger partial charge in [0.05, 0.1) is 12.7 Å². The molecule has 1 heterocycles. The van der Waals surface area contributed by atoms with Crippen molar-refractivity contribution in [2.75, 3.05) is 13.2 Å². The molecule has 3 aliphatic carbocycles. The van der Waals surface area contributed by atoms with E-state index in [-0.39, 0.29) is 11.4 Å². The summed E-state index contributed by atoms with van der Waals surface area (Å²) in [6.45, 7) is 8.79. The van der Waals surface area contributed by atoms with Crippen LogP contribution >= 0.6 is 0 Å². The van der Waals surface area contributed by atoms with Gasteiger partial charge in [-0.05, 0) is 74.0 Å². The number of esters is 1. The summed E-state index contributed by atoms with van der Waals surface area (Å²) in [6.07, 6.45) is 11.3. The van der Waals surface area contributed by atoms with Gasteiger partial charge >= 0.3 is 5.97 Å². The van der Waals surface area contributed by atoms with E-state index in [9.17, 15) is 4.79 Å². The van der Waals surface area contributed by atoms with Gasteiger partial charge in [0.15, 0.2) is 0 Å². The van der Waals surface area contributed by atoms with E-state index in [4.69, 9.17) is 9.47 Å². The summed E-state index contributed by atoms with van der Waals surface area (Å²) in [7, 11) is 0. The number of fused-ring (bicyclic) bond motifs is 5. The lowest BCUT2D eigenvalue weighted by Crippen LogP contribution is -2.56. The molecule has 1 aliphatic heterocycles. The average Bonchev–Trinajstić information content (AvgIpc) is 2.92. The third-order valence-corrected chi connectivity index (χ3v) is 8.75. The molecule has 4 aliphatic rings. The second-order valence-corrected chi connectivity index (χ2v) is 9.86. The lowest BCUT2D eigenvalue weighted by atomic mass is 9.47. The Kier molecular flexibility index (Phi) is 4.67. The molecule has 1 saturated heterocycles. The van der Waals surface area contributed by atoms with E-state index in [2.05, 4.69) is 20.8 Å². The Hall–Kier alpha value is -0.570. The average molecular weight is 349 g/mol. The van der Waals surface area contributed by atoms with Gasteiger partial charge in [0.1, 0.15) is 0 Å². The molecule has 4 fully saturated rings. The third kappa shape index (κ3) is 2.76. The maximum absolute atomic E-state index is 11.8. The molecular formula is C22H36O3. The topological polar surface area (TPSA) is 35.5 Å². The van der Waals surface area contributed by atoms with Crippen LogP contribution in [0.3, 0.4) is 0 Å². The SMILES string of the molecule is CCCCOC1CC[C@H]2[C@@H]3CC[C@H]4CC(=O)OC[C@]4(C)[C@H]3CC[C@]12C. The smallest absolute Gasteiger partial charge is 0.306 e. The molecule has 0 aromatic rings. The van der Waals surface area contributed by atoms with Crippen LogP contribution in [0.2, 0.25) is 0 Å². The Morgan fingerprint density at radius 3 is 2.68 bits per heavy atom. The number of carbonyl (C=O) groups excluding carboxylic acids is 1. The maximum atomic E-state index is 11.8. The van der Waals surface area contributed by atoms with Crippen molar-refractivity contribution in [2.24, 2.45) is 34.5 Å². The number of carbonyl (C=O) groups is 1. The minimum Gasteiger partial charge on any atom is -0.465 e. The highest BCUT2D eigenvalue weighted by Gasteiger charge is 2.61. The molecular weight excluding hydrogens is 312 g/mol. The largest absolute Gasteiger partial charge is 0.465 e. The van der Waals surface area contributed by atoms with Crippen LogP contribution < -0.4 is 0 Å². The van der Waals surface area contributed by atoms with Crippen LogP contribution in [-0.2, 0) is 14.3 Å². The van der Waals surface area contributed by atoms with E-state index in [0.717, 1.165) is 24.4 Å². The van der Waals surface area contributed by atoms with Crippen LogP contribution in [0.1, 0.15) is 78.6 Å². The van der Waals surface area contributed by atoms with Gasteiger partial charge in [0.25, 0.3) is 0 Å². The lowest BCUT2D eigenvalue weighted by molar-refractivity contribution is -0.183. The Labute approximate surface area is 153 Å². The zero-order chi connectivity index (χ0) is 17.7. The number of hydrogen-bond donors (Lipinski definition) is 0. The molecule has 0 aromatic carbocycles. The molecule has 3 saturated carbocycles. The van der Waals surface area contributed by atoms with E-state index >= 15 is 0 Å². The molecule has 4 rings (SSSR count). The fourth-order valence-electron chi connectivity index (χ4n) is 7.19. The van der Waals surface area contributed by atoms with Gasteiger partial charge in [-0.1, -0.05) is 27.2 Å². The monoisotopic (exact) mass is 348 g/mol. The van der Waals surface area contributed by atoms with E-state index in [1.54, 1.807) is 0 Å². The number of cyclic esters (lactones) is 1. The number of unbranched alkanes of at least 4 members (excludes halogenated alkanes) is 1. The van der Waals surface area contributed by atoms with E-state index in [1.807, 2.05) is 0 Å². The summed E-state index contributed by atoms with van der Waals surface area (Å²) in [6, 6.07) is 0. The van der Waals surface area contributed by atoms with Crippen LogP contribution in [0.15, 0.2) is 0 Å². The molecule has 0 N–H and O–H groups in total. The van der Waals surface area contributed by atoms with Gasteiger partial charge in [-0.15, -0.1) is 0 Å². The fraction of sp³-hybridized carbons (Fsp3) is 0.955. The molecule has 7 atom stereocenters. The zero-order valence-electron chi connectivity index (χ0n) is 16.4. The van der Waals surface area contributed by atoms with E-state index in [0.29, 0.717) is 30.5 Å². The molecule has 0 aromatic heterocycles. The highest BCUT2D eigenvalue weighted by molar-refractivity contribution is 5.70. The van der Waals surface area contributed by atoms with Crippen LogP contribution in [0, 0.1) is 34.5 Å². The van der Waals surface area contributed by atoms with Crippen molar-refractivity contribution in [1.29, 1.82) is 0 Å². The van der Waals surface area contributed by atoms with Crippen molar-refractivity contribution in [3.05, 3.63) is 0 Å². The van der Waals surface area contributed by atoms with Gasteiger partial charge in [-0.3, -0.25) is 4.79 Å². The van der Waals surface area contributed by atoms with Crippen molar-refractivity contribution in [3.8, 4) is 0 Å². The highest BCUT2D eigenvalue weighted by atomic mass is 16.5. The first kappa shape index (κ1) is 17.8. The Morgan fingerprint density at radius 2 is 1.88 bits per heavy atom. The molecule has 3 heteroatoms. The number of hydrogen-bond acceptors (Lipinski definition) is 3. The maximum Gasteiger partial charge on any atom is 0.306 e. The van der Waals surface area contributed by atoms with Gasteiger partial charge in [0.2, 0.25) is 0 Å². The quantitative estimate of drug-likeness (QED) is 0.531. The summed E-state index contributed by atoms with van der Waals surface area (Å²) >= 11 is 0. The van der Waals surface area contributed by atoms with Crippen LogP contribution in [-0.4, -0.2) is 25.3 Å². The number of rotatable bonds is 4. The Balaban J connectivity index is 1.51. The molecule has 3 nitrogen and oxygen atoms in total. The van der Waals surface area contributed by atoms with Gasteiger partial charge in [-0.2, -0.15) is 0 Å². The third-order valence-electron chi connectivity index (χ3n) is 8.75. The molecule has 0 bridgehead atoms. The van der Waals surface area contributed by atoms with E-state index in [1.165, 1.54) is 51.4 Å². The van der Waals surface area contributed by atoms with Crippen molar-refractivity contribution in [2.45, 2.75) is 84.7 Å². The van der Waals surface area contributed by atoms with Crippen molar-refractivity contribution in [1.82, 2.24) is 0 Å². The highest BCUT2D eigenvalue weighted by Crippen LogP contribution is 2.65. The zero-order valence-corrected chi connectivity index (χ0v) is 16.4. The molecule has 142 valence electrons. The first-order chi connectivity index (χ1) is 12.0. The predicted octanol–water partition coefficient (Wildman–Crippen LogP) is 4.98. The Bertz CT molecular complexity index is 517. The molecule has 25 heavy (non-hydrogen) atoms. The molecule has 0 amide bonds. The summed E-state index contributed by atoms with van der Waals surface area (Å²) in [4.78, 5) is 11.8. The normalized spacial score (nSPS) is 49.1. The second kappa shape index (κ2) is 6.55. The predicted molar refractivity (Wildman–Crippen MR) is 98.1 cm³/mol. The minimum atomic E-state index is 0.0341. The summed E-state index contributed by atoms with van der Waals surface area (Å²) in [5.41, 5.74) is 0.600. The van der Waals surface area contributed by atoms with Crippen LogP contribution in [0.5, 0.6) is 0 Å². The van der Waals surface area contributed by atoms with Crippen molar-refractivity contribution < 1.29 is 14.3 Å². The van der Waals surface area contributed by atoms with Gasteiger partial charge < -0.3 is 9.47 Å². The van der Waals surface area contributed by atoms with Gasteiger partial charge in [0, 0.05) is 18.4 Å². The molecule has 1 unspecified atom stereocenters. The first-order valence-electron chi connectivity index (χ1n) is 10.8. The van der Waals surface area contributed by atoms with Crippen LogP contribution in [0.25, 0.3) is 0 Å². The first-order valence-corrected chi connectivity index (χ1v) is 10.8. The van der Waals surface area contributed by atoms with Crippen molar-refractivity contribution >= 4 is 5.97 Å². The fourth-order valence-corrected chi connectivity index (χ4v) is 7.19. The second-order valence-electron chi connectivity index (χ2n) is 9.86. The van der Waals surface area contributed by atoms with E-state index < -0.39 is 0 Å². The molecule has 0 radical (unpaired) electrons. The lowest BCUT2D eigenvalue weighted by Gasteiger charge is -2.59. The van der Waals surface area contributed by atoms with Gasteiger partial charge in [-0.25, -0.2) is 0 Å². The summed E-state index contributed by atoms with van der Waals surface area (Å²) < 4.78 is 11.9. The van der Waals surface area contributed by atoms with Crippen LogP contribution in [0.4, 0.5) is 0 Å². The number of ether oxygens (including phenoxy) is 2. The summed E-state index contributed by atoms with van der Waals surface area (Å²) in [5, 5.41) is 0. The van der Waals surface area contributed by atoms with Crippen molar-refractivity contribution in [3.63, 3.8) is 0 Å². The summed E-state index contributed by atoms with van der Waals surface area (Å²) in [5.74, 6) is 2.96. The standard InChI is InChI=1S/C22H36O3/c1-4-5-12-24-19-9-8-17-16-7-6-15-13-20(23)25-14-22(15,3)18(16)10-11-21(17,19)2/h15-19H,4-14H2,1-3H3/t15-,16-,17-,18-,19?,21-,22-/m0/s1.